The Morgan fingerprint density at radius 3 is 2.78 bits per heavy atom. The highest BCUT2D eigenvalue weighted by Crippen LogP contribution is 2.14. The Morgan fingerprint density at radius 1 is 1.26 bits per heavy atom. The number of hydrogen-bond donors (Lipinski definition) is 1. The first kappa shape index (κ1) is 18.0. The molecule has 1 heterocycles. The summed E-state index contributed by atoms with van der Waals surface area (Å²) in [7, 11) is 0. The van der Waals surface area contributed by atoms with Crippen LogP contribution in [-0.2, 0) is 4.79 Å². The van der Waals surface area contributed by atoms with Crippen LogP contribution in [0.3, 0.4) is 0 Å². The van der Waals surface area contributed by atoms with Gasteiger partial charge in [-0.1, -0.05) is 37.3 Å². The van der Waals surface area contributed by atoms with Gasteiger partial charge in [-0.15, -0.1) is 11.8 Å². The molecular weight excluding hydrogens is 308 g/mol. The van der Waals surface area contributed by atoms with Gasteiger partial charge in [0.25, 0.3) is 0 Å². The van der Waals surface area contributed by atoms with Gasteiger partial charge in [-0.3, -0.25) is 9.59 Å². The summed E-state index contributed by atoms with van der Waals surface area (Å²) in [6.45, 7) is 6.17. The quantitative estimate of drug-likeness (QED) is 0.742. The lowest BCUT2D eigenvalue weighted by atomic mass is 10.0. The molecule has 2 rings (SSSR count). The van der Waals surface area contributed by atoms with E-state index in [2.05, 4.69) is 17.1 Å². The highest BCUT2D eigenvalue weighted by atomic mass is 32.2. The first-order valence-electron chi connectivity index (χ1n) is 8.30. The van der Waals surface area contributed by atoms with Gasteiger partial charge in [0.1, 0.15) is 0 Å². The van der Waals surface area contributed by atoms with Gasteiger partial charge in [-0.25, -0.2) is 0 Å². The van der Waals surface area contributed by atoms with Crippen LogP contribution in [0.5, 0.6) is 0 Å². The SMILES string of the molecule is C[C@@H]1CCCN(CCNC(=O)CSCC(=O)c2ccccc2)C1. The van der Waals surface area contributed by atoms with E-state index in [0.717, 1.165) is 25.6 Å². The third-order valence-corrected chi connectivity index (χ3v) is 4.99. The topological polar surface area (TPSA) is 49.4 Å². The number of nitrogens with zero attached hydrogens (tertiary/aromatic N) is 1. The van der Waals surface area contributed by atoms with Crippen LogP contribution in [0.4, 0.5) is 0 Å². The smallest absolute Gasteiger partial charge is 0.230 e. The van der Waals surface area contributed by atoms with E-state index < -0.39 is 0 Å². The normalized spacial score (nSPS) is 18.6. The van der Waals surface area contributed by atoms with Crippen LogP contribution in [0, 0.1) is 5.92 Å². The van der Waals surface area contributed by atoms with Gasteiger partial charge in [0.2, 0.25) is 5.91 Å². The number of carbonyl (C=O) groups is 2. The molecule has 5 heteroatoms. The van der Waals surface area contributed by atoms with Gasteiger partial charge >= 0.3 is 0 Å². The van der Waals surface area contributed by atoms with Crippen molar-refractivity contribution in [1.29, 1.82) is 0 Å². The Bertz CT molecular complexity index is 507. The molecule has 1 aliphatic heterocycles. The van der Waals surface area contributed by atoms with Crippen molar-refractivity contribution in [3.8, 4) is 0 Å². The first-order valence-corrected chi connectivity index (χ1v) is 9.45. The number of Topliss-reactive ketones (excluding diaryl/α,β-unsaturated/α-hetero) is 1. The zero-order valence-corrected chi connectivity index (χ0v) is 14.6. The molecule has 1 aliphatic rings. The molecule has 1 aromatic rings. The third-order valence-electron chi connectivity index (χ3n) is 4.05. The number of piperidine rings is 1. The number of nitrogens with one attached hydrogen (secondary N) is 1. The lowest BCUT2D eigenvalue weighted by Crippen LogP contribution is -2.40. The fraction of sp³-hybridized carbons (Fsp3) is 0.556. The predicted octanol–water partition coefficient (Wildman–Crippen LogP) is 2.45. The van der Waals surface area contributed by atoms with Gasteiger partial charge in [0, 0.05) is 25.2 Å². The van der Waals surface area contributed by atoms with Crippen molar-refractivity contribution < 1.29 is 9.59 Å². The van der Waals surface area contributed by atoms with E-state index in [1.165, 1.54) is 24.6 Å². The summed E-state index contributed by atoms with van der Waals surface area (Å²) in [5.74, 6) is 1.54. The Morgan fingerprint density at radius 2 is 2.04 bits per heavy atom. The van der Waals surface area contributed by atoms with Crippen molar-refractivity contribution in [2.75, 3.05) is 37.7 Å². The molecule has 1 N–H and O–H groups in total. The summed E-state index contributed by atoms with van der Waals surface area (Å²) >= 11 is 1.38. The summed E-state index contributed by atoms with van der Waals surface area (Å²) in [6, 6.07) is 9.21. The van der Waals surface area contributed by atoms with Gasteiger partial charge < -0.3 is 10.2 Å². The maximum absolute atomic E-state index is 11.9. The van der Waals surface area contributed by atoms with Crippen molar-refractivity contribution >= 4 is 23.5 Å². The summed E-state index contributed by atoms with van der Waals surface area (Å²) in [4.78, 5) is 26.1. The number of ketones is 1. The Hall–Kier alpha value is -1.33. The second kappa shape index (κ2) is 9.73. The number of carbonyl (C=O) groups excluding carboxylic acids is 2. The zero-order chi connectivity index (χ0) is 16.5. The number of rotatable bonds is 8. The largest absolute Gasteiger partial charge is 0.354 e. The molecule has 126 valence electrons. The van der Waals surface area contributed by atoms with Crippen LogP contribution in [0.15, 0.2) is 30.3 Å². The number of hydrogen-bond acceptors (Lipinski definition) is 4. The molecule has 0 unspecified atom stereocenters. The van der Waals surface area contributed by atoms with Crippen molar-refractivity contribution in [1.82, 2.24) is 10.2 Å². The lowest BCUT2D eigenvalue weighted by molar-refractivity contribution is -0.118. The number of amides is 1. The van der Waals surface area contributed by atoms with Crippen LogP contribution < -0.4 is 5.32 Å². The maximum Gasteiger partial charge on any atom is 0.230 e. The monoisotopic (exact) mass is 334 g/mol. The van der Waals surface area contributed by atoms with E-state index in [-0.39, 0.29) is 11.7 Å². The fourth-order valence-corrected chi connectivity index (χ4v) is 3.58. The van der Waals surface area contributed by atoms with Crippen LogP contribution in [0.2, 0.25) is 0 Å². The van der Waals surface area contributed by atoms with Crippen molar-refractivity contribution in [2.24, 2.45) is 5.92 Å². The second-order valence-corrected chi connectivity index (χ2v) is 7.17. The maximum atomic E-state index is 11.9. The molecule has 4 nitrogen and oxygen atoms in total. The first-order chi connectivity index (χ1) is 11.1. The molecule has 1 atom stereocenters. The highest BCUT2D eigenvalue weighted by Gasteiger charge is 2.15. The van der Waals surface area contributed by atoms with E-state index >= 15 is 0 Å². The molecule has 0 saturated carbocycles. The zero-order valence-electron chi connectivity index (χ0n) is 13.8. The Kier molecular flexibility index (Phi) is 7.62. The van der Waals surface area contributed by atoms with Gasteiger partial charge in [-0.05, 0) is 25.3 Å². The molecule has 0 aliphatic carbocycles. The molecule has 0 radical (unpaired) electrons. The number of benzene rings is 1. The summed E-state index contributed by atoms with van der Waals surface area (Å²) in [5, 5.41) is 2.95. The fourth-order valence-electron chi connectivity index (χ4n) is 2.84. The van der Waals surface area contributed by atoms with E-state index in [1.807, 2.05) is 30.3 Å². The van der Waals surface area contributed by atoms with Gasteiger partial charge in [0.15, 0.2) is 5.78 Å². The minimum atomic E-state index is 0.0147. The summed E-state index contributed by atoms with van der Waals surface area (Å²) < 4.78 is 0. The predicted molar refractivity (Wildman–Crippen MR) is 95.9 cm³/mol. The van der Waals surface area contributed by atoms with E-state index in [4.69, 9.17) is 0 Å². The van der Waals surface area contributed by atoms with Crippen molar-refractivity contribution in [2.45, 2.75) is 19.8 Å². The molecule has 1 saturated heterocycles. The van der Waals surface area contributed by atoms with Gasteiger partial charge in [-0.2, -0.15) is 0 Å². The lowest BCUT2D eigenvalue weighted by Gasteiger charge is -2.30. The number of likely N-dealkylation sites (tertiary alicyclic amines) is 1. The second-order valence-electron chi connectivity index (χ2n) is 6.18. The molecule has 0 bridgehead atoms. The molecular formula is C18H26N2O2S. The van der Waals surface area contributed by atoms with Crippen molar-refractivity contribution in [3.05, 3.63) is 35.9 Å². The highest BCUT2D eigenvalue weighted by molar-refractivity contribution is 8.00. The summed E-state index contributed by atoms with van der Waals surface area (Å²) in [5.41, 5.74) is 0.708. The minimum absolute atomic E-state index is 0.0147. The molecule has 1 aromatic carbocycles. The molecule has 0 aromatic heterocycles. The van der Waals surface area contributed by atoms with Crippen molar-refractivity contribution in [3.63, 3.8) is 0 Å². The number of thioether (sulfide) groups is 1. The average Bonchev–Trinajstić information content (AvgIpc) is 2.55. The average molecular weight is 334 g/mol. The molecule has 1 fully saturated rings. The van der Waals surface area contributed by atoms with Crippen LogP contribution >= 0.6 is 11.8 Å². The van der Waals surface area contributed by atoms with Gasteiger partial charge in [0.05, 0.1) is 11.5 Å². The standard InChI is InChI=1S/C18H26N2O2S/c1-15-6-5-10-20(12-15)11-9-19-18(22)14-23-13-17(21)16-7-3-2-4-8-16/h2-4,7-8,15H,5-6,9-14H2,1H3,(H,19,22)/t15-/m1/s1. The van der Waals surface area contributed by atoms with Crippen LogP contribution in [0.25, 0.3) is 0 Å². The Labute approximate surface area is 143 Å². The van der Waals surface area contributed by atoms with Crippen LogP contribution in [-0.4, -0.2) is 54.3 Å². The molecule has 0 spiro atoms. The van der Waals surface area contributed by atoms with Crippen LogP contribution in [0.1, 0.15) is 30.1 Å². The molecule has 23 heavy (non-hydrogen) atoms. The minimum Gasteiger partial charge on any atom is -0.354 e. The Balaban J connectivity index is 1.56. The molecule has 1 amide bonds. The third kappa shape index (κ3) is 6.75. The van der Waals surface area contributed by atoms with E-state index in [0.29, 0.717) is 23.6 Å². The summed E-state index contributed by atoms with van der Waals surface area (Å²) in [6.07, 6.45) is 2.57. The van der Waals surface area contributed by atoms with E-state index in [1.54, 1.807) is 0 Å². The van der Waals surface area contributed by atoms with E-state index in [9.17, 15) is 9.59 Å².